The Morgan fingerprint density at radius 2 is 1.95 bits per heavy atom. The number of carbonyl (C=O) groups excluding carboxylic acids is 1. The van der Waals surface area contributed by atoms with E-state index in [1.54, 1.807) is 0 Å². The Morgan fingerprint density at radius 3 is 2.53 bits per heavy atom. The summed E-state index contributed by atoms with van der Waals surface area (Å²) in [6, 6.07) is 7.75. The Balaban J connectivity index is 2.44. The van der Waals surface area contributed by atoms with Crippen molar-refractivity contribution >= 4 is 39.9 Å². The molecule has 0 atom stereocenters. The maximum absolute atomic E-state index is 11.9. The van der Waals surface area contributed by atoms with Crippen LogP contribution in [-0.2, 0) is 4.79 Å². The number of thioether (sulfide) groups is 1. The third-order valence-corrected chi connectivity index (χ3v) is 4.29. The van der Waals surface area contributed by atoms with E-state index in [0.29, 0.717) is 5.75 Å². The van der Waals surface area contributed by atoms with Crippen LogP contribution >= 0.6 is 24.0 Å². The Labute approximate surface area is 124 Å². The van der Waals surface area contributed by atoms with Gasteiger partial charge < -0.3 is 10.2 Å². The van der Waals surface area contributed by atoms with Crippen LogP contribution in [0.5, 0.6) is 0 Å². The number of carbonyl (C=O) groups is 1. The number of anilines is 1. The lowest BCUT2D eigenvalue weighted by Crippen LogP contribution is -2.28. The number of nitrogens with zero attached hydrogens (tertiary/aromatic N) is 1. The van der Waals surface area contributed by atoms with Gasteiger partial charge in [0.05, 0.1) is 5.75 Å². The van der Waals surface area contributed by atoms with E-state index in [0.717, 1.165) is 28.7 Å². The Hall–Kier alpha value is -1.07. The van der Waals surface area contributed by atoms with Gasteiger partial charge in [-0.25, -0.2) is 0 Å². The van der Waals surface area contributed by atoms with Gasteiger partial charge in [-0.2, -0.15) is 0 Å². The van der Waals surface area contributed by atoms with Gasteiger partial charge in [0.1, 0.15) is 4.32 Å². The van der Waals surface area contributed by atoms with Crippen molar-refractivity contribution in [3.8, 4) is 0 Å². The summed E-state index contributed by atoms with van der Waals surface area (Å²) in [5, 5.41) is 2.90. The molecule has 0 aromatic heterocycles. The van der Waals surface area contributed by atoms with Crippen LogP contribution in [0.2, 0.25) is 0 Å². The van der Waals surface area contributed by atoms with E-state index < -0.39 is 0 Å². The zero-order chi connectivity index (χ0) is 14.3. The van der Waals surface area contributed by atoms with Crippen LogP contribution < -0.4 is 5.32 Å². The minimum atomic E-state index is -0.0196. The fraction of sp³-hybridized carbons (Fsp3) is 0.429. The molecule has 0 heterocycles. The molecule has 0 fully saturated rings. The van der Waals surface area contributed by atoms with Crippen LogP contribution in [0.4, 0.5) is 5.69 Å². The maximum atomic E-state index is 11.9. The molecule has 0 radical (unpaired) electrons. The second kappa shape index (κ2) is 8.17. The maximum Gasteiger partial charge on any atom is 0.234 e. The van der Waals surface area contributed by atoms with Crippen molar-refractivity contribution in [2.45, 2.75) is 20.8 Å². The molecule has 0 aliphatic rings. The number of hydrogen-bond donors (Lipinski definition) is 1. The van der Waals surface area contributed by atoms with E-state index in [-0.39, 0.29) is 5.91 Å². The van der Waals surface area contributed by atoms with Crippen molar-refractivity contribution < 1.29 is 4.79 Å². The minimum Gasteiger partial charge on any atom is -0.358 e. The highest BCUT2D eigenvalue weighted by molar-refractivity contribution is 8.23. The lowest BCUT2D eigenvalue weighted by Gasteiger charge is -2.20. The summed E-state index contributed by atoms with van der Waals surface area (Å²) in [6.45, 7) is 7.85. The van der Waals surface area contributed by atoms with Crippen LogP contribution in [0.15, 0.2) is 24.3 Å². The molecule has 0 unspecified atom stereocenters. The average molecular weight is 296 g/mol. The monoisotopic (exact) mass is 296 g/mol. The van der Waals surface area contributed by atoms with E-state index in [4.69, 9.17) is 12.2 Å². The van der Waals surface area contributed by atoms with Gasteiger partial charge in [-0.05, 0) is 32.4 Å². The number of aryl methyl sites for hydroxylation is 1. The highest BCUT2D eigenvalue weighted by Gasteiger charge is 2.10. The second-order valence-corrected chi connectivity index (χ2v) is 5.70. The molecule has 0 saturated heterocycles. The van der Waals surface area contributed by atoms with Gasteiger partial charge in [0, 0.05) is 18.8 Å². The van der Waals surface area contributed by atoms with E-state index in [1.165, 1.54) is 11.8 Å². The summed E-state index contributed by atoms with van der Waals surface area (Å²) in [7, 11) is 0. The lowest BCUT2D eigenvalue weighted by molar-refractivity contribution is -0.113. The molecule has 1 aromatic carbocycles. The Morgan fingerprint density at radius 1 is 1.32 bits per heavy atom. The van der Waals surface area contributed by atoms with Crippen molar-refractivity contribution in [2.75, 3.05) is 24.2 Å². The minimum absolute atomic E-state index is 0.0196. The van der Waals surface area contributed by atoms with Gasteiger partial charge in [0.25, 0.3) is 0 Å². The zero-order valence-corrected chi connectivity index (χ0v) is 13.2. The van der Waals surface area contributed by atoms with Gasteiger partial charge in [-0.3, -0.25) is 4.79 Å². The second-order valence-electron chi connectivity index (χ2n) is 4.09. The molecule has 0 spiro atoms. The molecule has 1 amide bonds. The highest BCUT2D eigenvalue weighted by Crippen LogP contribution is 2.15. The largest absolute Gasteiger partial charge is 0.358 e. The number of benzene rings is 1. The third kappa shape index (κ3) is 5.20. The molecule has 1 rings (SSSR count). The molecule has 1 N–H and O–H groups in total. The van der Waals surface area contributed by atoms with Gasteiger partial charge in [-0.15, -0.1) is 0 Å². The van der Waals surface area contributed by atoms with Crippen molar-refractivity contribution in [3.05, 3.63) is 29.8 Å². The van der Waals surface area contributed by atoms with Crippen LogP contribution in [0.3, 0.4) is 0 Å². The number of thiocarbonyl (C=S) groups is 1. The Kier molecular flexibility index (Phi) is 6.87. The summed E-state index contributed by atoms with van der Waals surface area (Å²) in [4.78, 5) is 13.9. The predicted octanol–water partition coefficient (Wildman–Crippen LogP) is 3.29. The van der Waals surface area contributed by atoms with Crippen molar-refractivity contribution in [3.63, 3.8) is 0 Å². The standard InChI is InChI=1S/C14H20N2OS2/c1-4-16(5-2)14(18)19-10-13(17)15-12-9-7-6-8-11(12)3/h6-9H,4-5,10H2,1-3H3,(H,15,17). The lowest BCUT2D eigenvalue weighted by atomic mass is 10.2. The fourth-order valence-corrected chi connectivity index (χ4v) is 2.80. The number of rotatable bonds is 5. The van der Waals surface area contributed by atoms with Gasteiger partial charge >= 0.3 is 0 Å². The molecule has 1 aromatic rings. The number of nitrogens with one attached hydrogen (secondary N) is 1. The number of hydrogen-bond acceptors (Lipinski definition) is 3. The molecule has 0 aliphatic heterocycles. The van der Waals surface area contributed by atoms with E-state index >= 15 is 0 Å². The van der Waals surface area contributed by atoms with Gasteiger partial charge in [0.2, 0.25) is 5.91 Å². The Bertz CT molecular complexity index is 445. The fourth-order valence-electron chi connectivity index (χ4n) is 1.60. The summed E-state index contributed by atoms with van der Waals surface area (Å²) < 4.78 is 0.782. The molecule has 5 heteroatoms. The molecule has 0 saturated carbocycles. The SMILES string of the molecule is CCN(CC)C(=S)SCC(=O)Nc1ccccc1C. The third-order valence-electron chi connectivity index (χ3n) is 2.77. The van der Waals surface area contributed by atoms with Crippen LogP contribution in [0.1, 0.15) is 19.4 Å². The highest BCUT2D eigenvalue weighted by atomic mass is 32.2. The normalized spacial score (nSPS) is 10.1. The average Bonchev–Trinajstić information content (AvgIpc) is 2.40. The first-order chi connectivity index (χ1) is 9.08. The molecule has 19 heavy (non-hydrogen) atoms. The zero-order valence-electron chi connectivity index (χ0n) is 11.6. The van der Waals surface area contributed by atoms with Crippen LogP contribution in [-0.4, -0.2) is 34.0 Å². The topological polar surface area (TPSA) is 32.3 Å². The molecular weight excluding hydrogens is 276 g/mol. The molecule has 0 bridgehead atoms. The van der Waals surface area contributed by atoms with Crippen molar-refractivity contribution in [2.24, 2.45) is 0 Å². The molecule has 3 nitrogen and oxygen atoms in total. The van der Waals surface area contributed by atoms with Gasteiger partial charge in [-0.1, -0.05) is 42.2 Å². The van der Waals surface area contributed by atoms with Gasteiger partial charge in [0.15, 0.2) is 0 Å². The van der Waals surface area contributed by atoms with E-state index in [9.17, 15) is 4.79 Å². The molecule has 104 valence electrons. The van der Waals surface area contributed by atoms with Crippen molar-refractivity contribution in [1.82, 2.24) is 4.90 Å². The molecule has 0 aliphatic carbocycles. The quantitative estimate of drug-likeness (QED) is 0.845. The summed E-state index contributed by atoms with van der Waals surface area (Å²) in [6.07, 6.45) is 0. The number of para-hydroxylation sites is 1. The first kappa shape index (κ1) is 16.0. The predicted molar refractivity (Wildman–Crippen MR) is 87.8 cm³/mol. The summed E-state index contributed by atoms with van der Waals surface area (Å²) in [5.41, 5.74) is 1.93. The smallest absolute Gasteiger partial charge is 0.234 e. The first-order valence-corrected chi connectivity index (χ1v) is 7.75. The van der Waals surface area contributed by atoms with E-state index in [1.807, 2.05) is 31.2 Å². The number of amides is 1. The summed E-state index contributed by atoms with van der Waals surface area (Å²) >= 11 is 6.70. The molecular formula is C14H20N2OS2. The van der Waals surface area contributed by atoms with Crippen molar-refractivity contribution in [1.29, 1.82) is 0 Å². The van der Waals surface area contributed by atoms with Crippen LogP contribution in [0, 0.1) is 6.92 Å². The summed E-state index contributed by atoms with van der Waals surface area (Å²) in [5.74, 6) is 0.331. The van der Waals surface area contributed by atoms with E-state index in [2.05, 4.69) is 24.1 Å². The first-order valence-electron chi connectivity index (χ1n) is 6.35. The van der Waals surface area contributed by atoms with Crippen LogP contribution in [0.25, 0.3) is 0 Å².